The molecule has 0 atom stereocenters. The third kappa shape index (κ3) is 5.36. The molecule has 0 aromatic heterocycles. The van der Waals surface area contributed by atoms with Crippen molar-refractivity contribution in [2.45, 2.75) is 33.2 Å². The number of hydrogen-bond acceptors (Lipinski definition) is 4. The smallest absolute Gasteiger partial charge is 0.125 e. The van der Waals surface area contributed by atoms with Crippen LogP contribution >= 0.6 is 0 Å². The Morgan fingerprint density at radius 2 is 1.86 bits per heavy atom. The SMILES string of the molecule is CC(C)(C)CCOc1ccc(C(=N)NC2CNNC2)cc1. The van der Waals surface area contributed by atoms with Crippen LogP contribution in [0, 0.1) is 10.8 Å². The first kappa shape index (κ1) is 15.8. The molecule has 0 amide bonds. The van der Waals surface area contributed by atoms with Crippen LogP contribution < -0.4 is 20.9 Å². The monoisotopic (exact) mass is 290 g/mol. The van der Waals surface area contributed by atoms with E-state index in [9.17, 15) is 0 Å². The average molecular weight is 290 g/mol. The Morgan fingerprint density at radius 3 is 2.43 bits per heavy atom. The molecule has 1 aliphatic rings. The number of nitrogens with one attached hydrogen (secondary N) is 4. The molecular formula is C16H26N4O. The van der Waals surface area contributed by atoms with Crippen molar-refractivity contribution in [3.8, 4) is 5.75 Å². The summed E-state index contributed by atoms with van der Waals surface area (Å²) in [6.45, 7) is 9.00. The Morgan fingerprint density at radius 1 is 1.24 bits per heavy atom. The van der Waals surface area contributed by atoms with Gasteiger partial charge in [-0.2, -0.15) is 0 Å². The molecule has 0 bridgehead atoms. The maximum atomic E-state index is 8.08. The van der Waals surface area contributed by atoms with Crippen LogP contribution in [0.1, 0.15) is 32.8 Å². The van der Waals surface area contributed by atoms with Gasteiger partial charge in [-0.25, -0.2) is 0 Å². The minimum atomic E-state index is 0.264. The van der Waals surface area contributed by atoms with Crippen molar-refractivity contribution in [1.29, 1.82) is 5.41 Å². The van der Waals surface area contributed by atoms with E-state index in [2.05, 4.69) is 36.9 Å². The molecule has 0 aliphatic carbocycles. The van der Waals surface area contributed by atoms with E-state index in [4.69, 9.17) is 10.1 Å². The third-order valence-corrected chi connectivity index (χ3v) is 3.43. The van der Waals surface area contributed by atoms with Crippen molar-refractivity contribution in [3.05, 3.63) is 29.8 Å². The molecular weight excluding hydrogens is 264 g/mol. The van der Waals surface area contributed by atoms with E-state index in [1.165, 1.54) is 0 Å². The second-order valence-electron chi connectivity index (χ2n) is 6.66. The van der Waals surface area contributed by atoms with Crippen LogP contribution in [0.25, 0.3) is 0 Å². The number of hydrogen-bond donors (Lipinski definition) is 4. The predicted molar refractivity (Wildman–Crippen MR) is 85.8 cm³/mol. The molecule has 116 valence electrons. The lowest BCUT2D eigenvalue weighted by Crippen LogP contribution is -2.38. The van der Waals surface area contributed by atoms with E-state index >= 15 is 0 Å². The van der Waals surface area contributed by atoms with Gasteiger partial charge in [0, 0.05) is 18.7 Å². The fourth-order valence-corrected chi connectivity index (χ4v) is 2.05. The van der Waals surface area contributed by atoms with Gasteiger partial charge < -0.3 is 10.1 Å². The van der Waals surface area contributed by atoms with Gasteiger partial charge in [-0.15, -0.1) is 0 Å². The number of rotatable bonds is 5. The van der Waals surface area contributed by atoms with Crippen molar-refractivity contribution in [2.75, 3.05) is 19.7 Å². The zero-order chi connectivity index (χ0) is 15.3. The first-order valence-corrected chi connectivity index (χ1v) is 7.48. The van der Waals surface area contributed by atoms with Crippen LogP contribution in [0.3, 0.4) is 0 Å². The average Bonchev–Trinajstić information content (AvgIpc) is 2.91. The molecule has 5 heteroatoms. The Kier molecular flexibility index (Phi) is 5.20. The van der Waals surface area contributed by atoms with Gasteiger partial charge in [-0.05, 0) is 36.1 Å². The maximum absolute atomic E-state index is 8.08. The van der Waals surface area contributed by atoms with Gasteiger partial charge in [0.2, 0.25) is 0 Å². The van der Waals surface area contributed by atoms with E-state index in [-0.39, 0.29) is 11.5 Å². The highest BCUT2D eigenvalue weighted by atomic mass is 16.5. The van der Waals surface area contributed by atoms with Crippen LogP contribution in [0.5, 0.6) is 5.75 Å². The highest BCUT2D eigenvalue weighted by Gasteiger charge is 2.15. The molecule has 0 radical (unpaired) electrons. The van der Waals surface area contributed by atoms with E-state index < -0.39 is 0 Å². The molecule has 1 heterocycles. The van der Waals surface area contributed by atoms with Gasteiger partial charge >= 0.3 is 0 Å². The van der Waals surface area contributed by atoms with Crippen molar-refractivity contribution >= 4 is 5.84 Å². The van der Waals surface area contributed by atoms with E-state index in [1.54, 1.807) is 0 Å². The Hall–Kier alpha value is -1.59. The summed E-state index contributed by atoms with van der Waals surface area (Å²) in [4.78, 5) is 0. The summed E-state index contributed by atoms with van der Waals surface area (Å²) in [7, 11) is 0. The molecule has 1 fully saturated rings. The summed E-state index contributed by atoms with van der Waals surface area (Å²) in [6, 6.07) is 7.98. The number of hydrazine groups is 1. The molecule has 1 aromatic carbocycles. The molecule has 4 N–H and O–H groups in total. The van der Waals surface area contributed by atoms with Gasteiger partial charge in [0.25, 0.3) is 0 Å². The first-order chi connectivity index (χ1) is 9.94. The predicted octanol–water partition coefficient (Wildman–Crippen LogP) is 1.89. The van der Waals surface area contributed by atoms with Crippen molar-refractivity contribution < 1.29 is 4.74 Å². The largest absolute Gasteiger partial charge is 0.494 e. The van der Waals surface area contributed by atoms with E-state index in [1.807, 2.05) is 24.3 Å². The lowest BCUT2D eigenvalue weighted by molar-refractivity contribution is 0.243. The van der Waals surface area contributed by atoms with Gasteiger partial charge in [0.1, 0.15) is 11.6 Å². The highest BCUT2D eigenvalue weighted by molar-refractivity contribution is 5.96. The Balaban J connectivity index is 1.82. The maximum Gasteiger partial charge on any atom is 0.125 e. The van der Waals surface area contributed by atoms with Crippen LogP contribution in [-0.2, 0) is 0 Å². The summed E-state index contributed by atoms with van der Waals surface area (Å²) >= 11 is 0. The summed E-state index contributed by atoms with van der Waals surface area (Å²) in [6.07, 6.45) is 1.02. The number of benzene rings is 1. The van der Waals surface area contributed by atoms with E-state index in [0.717, 1.165) is 37.4 Å². The zero-order valence-corrected chi connectivity index (χ0v) is 13.1. The van der Waals surface area contributed by atoms with Crippen LogP contribution in [0.4, 0.5) is 0 Å². The molecule has 1 aromatic rings. The fourth-order valence-electron chi connectivity index (χ4n) is 2.05. The molecule has 0 saturated carbocycles. The van der Waals surface area contributed by atoms with Crippen molar-refractivity contribution in [3.63, 3.8) is 0 Å². The van der Waals surface area contributed by atoms with E-state index in [0.29, 0.717) is 5.84 Å². The molecule has 0 unspecified atom stereocenters. The molecule has 21 heavy (non-hydrogen) atoms. The second kappa shape index (κ2) is 6.91. The topological polar surface area (TPSA) is 69.2 Å². The van der Waals surface area contributed by atoms with Gasteiger partial charge in [0.05, 0.1) is 12.6 Å². The van der Waals surface area contributed by atoms with Crippen LogP contribution in [-0.4, -0.2) is 31.6 Å². The number of amidine groups is 1. The van der Waals surface area contributed by atoms with Crippen molar-refractivity contribution in [1.82, 2.24) is 16.2 Å². The summed E-state index contributed by atoms with van der Waals surface area (Å²) in [5.41, 5.74) is 7.26. The summed E-state index contributed by atoms with van der Waals surface area (Å²) < 4.78 is 5.74. The third-order valence-electron chi connectivity index (χ3n) is 3.43. The quantitative estimate of drug-likeness (QED) is 0.494. The second-order valence-corrected chi connectivity index (χ2v) is 6.66. The lowest BCUT2D eigenvalue weighted by Gasteiger charge is -2.18. The summed E-state index contributed by atoms with van der Waals surface area (Å²) in [5, 5.41) is 11.3. The zero-order valence-electron chi connectivity index (χ0n) is 13.1. The molecule has 1 saturated heterocycles. The Bertz CT molecular complexity index is 458. The fraction of sp³-hybridized carbons (Fsp3) is 0.562. The minimum Gasteiger partial charge on any atom is -0.494 e. The minimum absolute atomic E-state index is 0.264. The lowest BCUT2D eigenvalue weighted by atomic mass is 9.93. The normalized spacial score (nSPS) is 16.0. The molecule has 1 aliphatic heterocycles. The van der Waals surface area contributed by atoms with Crippen LogP contribution in [0.15, 0.2) is 24.3 Å². The van der Waals surface area contributed by atoms with Gasteiger partial charge in [-0.3, -0.25) is 16.3 Å². The molecule has 5 nitrogen and oxygen atoms in total. The summed E-state index contributed by atoms with van der Waals surface area (Å²) in [5.74, 6) is 1.31. The van der Waals surface area contributed by atoms with Crippen LogP contribution in [0.2, 0.25) is 0 Å². The number of ether oxygens (including phenoxy) is 1. The first-order valence-electron chi connectivity index (χ1n) is 7.48. The molecule has 2 rings (SSSR count). The standard InChI is InChI=1S/C16H26N4O/c1-16(2,3)8-9-21-14-6-4-12(5-7-14)15(17)20-13-10-18-19-11-13/h4-7,13,18-19H,8-11H2,1-3H3,(H2,17,20). The van der Waals surface area contributed by atoms with Crippen molar-refractivity contribution in [2.24, 2.45) is 5.41 Å². The molecule has 0 spiro atoms. The van der Waals surface area contributed by atoms with Gasteiger partial charge in [-0.1, -0.05) is 20.8 Å². The Labute approximate surface area is 126 Å². The highest BCUT2D eigenvalue weighted by Crippen LogP contribution is 2.19. The van der Waals surface area contributed by atoms with Gasteiger partial charge in [0.15, 0.2) is 0 Å².